The Hall–Kier alpha value is -3.26. The number of hydrogen-bond acceptors (Lipinski definition) is 7. The second kappa shape index (κ2) is 6.57. The second-order valence-corrected chi connectivity index (χ2v) is 6.43. The van der Waals surface area contributed by atoms with Gasteiger partial charge in [0.15, 0.2) is 0 Å². The standard InChI is InChI=1S/C18H18N6O2/c19-23-18-21-15-10-14(24(25)26)9-12(8-11-6-7-11)16(15)17(22-18)20-13-4-2-1-3-5-13/h1-5,9-11H,6-8,19H2,(H2,20,21,22,23). The van der Waals surface area contributed by atoms with Gasteiger partial charge in [-0.3, -0.25) is 15.5 Å². The molecule has 132 valence electrons. The molecule has 0 amide bonds. The van der Waals surface area contributed by atoms with Gasteiger partial charge in [-0.1, -0.05) is 18.2 Å². The van der Waals surface area contributed by atoms with Crippen molar-refractivity contribution in [3.8, 4) is 0 Å². The maximum atomic E-state index is 11.3. The van der Waals surface area contributed by atoms with Crippen LogP contribution in [0.2, 0.25) is 0 Å². The maximum Gasteiger partial charge on any atom is 0.271 e. The second-order valence-electron chi connectivity index (χ2n) is 6.43. The van der Waals surface area contributed by atoms with E-state index in [0.717, 1.165) is 35.9 Å². The van der Waals surface area contributed by atoms with Gasteiger partial charge in [-0.2, -0.15) is 4.98 Å². The third-order valence-corrected chi connectivity index (χ3v) is 4.45. The first-order chi connectivity index (χ1) is 12.6. The van der Waals surface area contributed by atoms with Crippen LogP contribution in [0.3, 0.4) is 0 Å². The van der Waals surface area contributed by atoms with Crippen LogP contribution in [0.4, 0.5) is 23.1 Å². The number of hydrogen-bond donors (Lipinski definition) is 3. The van der Waals surface area contributed by atoms with Crippen LogP contribution in [0.15, 0.2) is 42.5 Å². The topological polar surface area (TPSA) is 119 Å². The summed E-state index contributed by atoms with van der Waals surface area (Å²) in [6.07, 6.45) is 3.07. The highest BCUT2D eigenvalue weighted by Crippen LogP contribution is 2.38. The smallest absolute Gasteiger partial charge is 0.271 e. The highest BCUT2D eigenvalue weighted by molar-refractivity contribution is 5.96. The molecule has 1 heterocycles. The number of nitro benzene ring substituents is 1. The lowest BCUT2D eigenvalue weighted by Crippen LogP contribution is -2.12. The fraction of sp³-hybridized carbons (Fsp3) is 0.222. The Morgan fingerprint density at radius 2 is 1.96 bits per heavy atom. The van der Waals surface area contributed by atoms with Crippen LogP contribution in [0.25, 0.3) is 10.9 Å². The van der Waals surface area contributed by atoms with Gasteiger partial charge < -0.3 is 5.32 Å². The molecule has 1 saturated carbocycles. The summed E-state index contributed by atoms with van der Waals surface area (Å²) in [5, 5.41) is 15.4. The zero-order valence-electron chi connectivity index (χ0n) is 14.0. The Morgan fingerprint density at radius 3 is 2.62 bits per heavy atom. The van der Waals surface area contributed by atoms with E-state index in [1.165, 1.54) is 6.07 Å². The van der Waals surface area contributed by atoms with Crippen molar-refractivity contribution in [1.29, 1.82) is 0 Å². The van der Waals surface area contributed by atoms with Gasteiger partial charge >= 0.3 is 0 Å². The molecular formula is C18H18N6O2. The molecule has 0 saturated heterocycles. The number of anilines is 3. The first-order valence-corrected chi connectivity index (χ1v) is 8.42. The number of fused-ring (bicyclic) bond motifs is 1. The minimum absolute atomic E-state index is 0.0282. The van der Waals surface area contributed by atoms with Gasteiger partial charge in [0.2, 0.25) is 5.95 Å². The summed E-state index contributed by atoms with van der Waals surface area (Å²) in [7, 11) is 0. The van der Waals surface area contributed by atoms with E-state index >= 15 is 0 Å². The normalized spacial score (nSPS) is 13.6. The van der Waals surface area contributed by atoms with Crippen LogP contribution < -0.4 is 16.6 Å². The Balaban J connectivity index is 1.91. The number of nitrogens with zero attached hydrogens (tertiary/aromatic N) is 3. The van der Waals surface area contributed by atoms with Crippen molar-refractivity contribution < 1.29 is 4.92 Å². The number of nitro groups is 1. The van der Waals surface area contributed by atoms with Crippen molar-refractivity contribution in [1.82, 2.24) is 9.97 Å². The molecule has 4 N–H and O–H groups in total. The van der Waals surface area contributed by atoms with E-state index in [4.69, 9.17) is 5.84 Å². The van der Waals surface area contributed by atoms with E-state index in [1.807, 2.05) is 30.3 Å². The highest BCUT2D eigenvalue weighted by Gasteiger charge is 2.25. The SMILES string of the molecule is NNc1nc(Nc2ccccc2)c2c(CC3CC3)cc([N+](=O)[O-])cc2n1. The van der Waals surface area contributed by atoms with Gasteiger partial charge in [-0.15, -0.1) is 0 Å². The summed E-state index contributed by atoms with van der Waals surface area (Å²) in [6, 6.07) is 12.7. The lowest BCUT2D eigenvalue weighted by atomic mass is 10.0. The monoisotopic (exact) mass is 350 g/mol. The van der Waals surface area contributed by atoms with E-state index < -0.39 is 4.92 Å². The highest BCUT2D eigenvalue weighted by atomic mass is 16.6. The van der Waals surface area contributed by atoms with Crippen molar-refractivity contribution in [2.75, 3.05) is 10.7 Å². The van der Waals surface area contributed by atoms with Gasteiger partial charge in [0.1, 0.15) is 5.82 Å². The number of aromatic nitrogens is 2. The Morgan fingerprint density at radius 1 is 1.19 bits per heavy atom. The molecule has 0 bridgehead atoms. The van der Waals surface area contributed by atoms with Crippen molar-refractivity contribution in [2.24, 2.45) is 11.8 Å². The number of nitrogen functional groups attached to an aromatic ring is 1. The molecule has 1 fully saturated rings. The molecule has 0 unspecified atom stereocenters. The maximum absolute atomic E-state index is 11.3. The van der Waals surface area contributed by atoms with Crippen LogP contribution in [0, 0.1) is 16.0 Å². The lowest BCUT2D eigenvalue weighted by molar-refractivity contribution is -0.384. The molecule has 0 aliphatic heterocycles. The quantitative estimate of drug-likeness (QED) is 0.353. The lowest BCUT2D eigenvalue weighted by Gasteiger charge is -2.14. The van der Waals surface area contributed by atoms with Crippen LogP contribution >= 0.6 is 0 Å². The molecule has 26 heavy (non-hydrogen) atoms. The van der Waals surface area contributed by atoms with Crippen LogP contribution in [0.1, 0.15) is 18.4 Å². The zero-order chi connectivity index (χ0) is 18.1. The van der Waals surface area contributed by atoms with E-state index in [0.29, 0.717) is 17.3 Å². The number of hydrazine groups is 1. The number of benzene rings is 2. The molecule has 0 radical (unpaired) electrons. The molecule has 2 aromatic carbocycles. The van der Waals surface area contributed by atoms with Crippen LogP contribution in [-0.4, -0.2) is 14.9 Å². The number of para-hydroxylation sites is 1. The van der Waals surface area contributed by atoms with Crippen molar-refractivity contribution in [3.05, 3.63) is 58.1 Å². The average molecular weight is 350 g/mol. The van der Waals surface area contributed by atoms with Gasteiger partial charge in [0, 0.05) is 23.2 Å². The summed E-state index contributed by atoms with van der Waals surface area (Å²) in [5.74, 6) is 6.85. The summed E-state index contributed by atoms with van der Waals surface area (Å²) < 4.78 is 0. The number of non-ortho nitro benzene ring substituents is 1. The molecule has 1 aliphatic rings. The first kappa shape index (κ1) is 16.2. The molecule has 1 aliphatic carbocycles. The molecular weight excluding hydrogens is 332 g/mol. The number of nitrogens with one attached hydrogen (secondary N) is 2. The van der Waals surface area contributed by atoms with Gasteiger partial charge in [-0.25, -0.2) is 10.8 Å². The Bertz CT molecular complexity index is 972. The number of rotatable bonds is 6. The summed E-state index contributed by atoms with van der Waals surface area (Å²) in [5.41, 5.74) is 4.71. The summed E-state index contributed by atoms with van der Waals surface area (Å²) in [4.78, 5) is 19.7. The van der Waals surface area contributed by atoms with Crippen molar-refractivity contribution >= 4 is 34.0 Å². The van der Waals surface area contributed by atoms with Gasteiger partial charge in [0.05, 0.1) is 10.4 Å². The molecule has 8 heteroatoms. The largest absolute Gasteiger partial charge is 0.340 e. The van der Waals surface area contributed by atoms with Crippen molar-refractivity contribution in [3.63, 3.8) is 0 Å². The third kappa shape index (κ3) is 3.27. The molecule has 0 atom stereocenters. The average Bonchev–Trinajstić information content (AvgIpc) is 3.45. The van der Waals surface area contributed by atoms with Gasteiger partial charge in [0.25, 0.3) is 5.69 Å². The molecule has 3 aromatic rings. The first-order valence-electron chi connectivity index (χ1n) is 8.42. The fourth-order valence-corrected chi connectivity index (χ4v) is 3.04. The molecule has 4 rings (SSSR count). The van der Waals surface area contributed by atoms with E-state index in [-0.39, 0.29) is 11.6 Å². The third-order valence-electron chi connectivity index (χ3n) is 4.45. The van der Waals surface area contributed by atoms with Crippen LogP contribution in [-0.2, 0) is 6.42 Å². The summed E-state index contributed by atoms with van der Waals surface area (Å²) in [6.45, 7) is 0. The predicted octanol–water partition coefficient (Wildman–Crippen LogP) is 3.52. The Labute approximate surface area is 149 Å². The minimum Gasteiger partial charge on any atom is -0.340 e. The van der Waals surface area contributed by atoms with Crippen LogP contribution in [0.5, 0.6) is 0 Å². The summed E-state index contributed by atoms with van der Waals surface area (Å²) >= 11 is 0. The van der Waals surface area contributed by atoms with Crippen molar-refractivity contribution in [2.45, 2.75) is 19.3 Å². The number of nitrogens with two attached hydrogens (primary N) is 1. The zero-order valence-corrected chi connectivity index (χ0v) is 14.0. The molecule has 1 aromatic heterocycles. The van der Waals surface area contributed by atoms with E-state index in [1.54, 1.807) is 6.07 Å². The predicted molar refractivity (Wildman–Crippen MR) is 100 cm³/mol. The fourth-order valence-electron chi connectivity index (χ4n) is 3.04. The Kier molecular flexibility index (Phi) is 4.10. The molecule has 8 nitrogen and oxygen atoms in total. The van der Waals surface area contributed by atoms with E-state index in [2.05, 4.69) is 20.7 Å². The minimum atomic E-state index is -0.391. The van der Waals surface area contributed by atoms with Gasteiger partial charge in [-0.05, 0) is 42.9 Å². The van der Waals surface area contributed by atoms with E-state index in [9.17, 15) is 10.1 Å². The molecule has 0 spiro atoms.